The van der Waals surface area contributed by atoms with Gasteiger partial charge in [0.25, 0.3) is 0 Å². The lowest BCUT2D eigenvalue weighted by Crippen LogP contribution is -2.04. The molecule has 6 heteroatoms. The molecule has 0 unspecified atom stereocenters. The van der Waals surface area contributed by atoms with E-state index < -0.39 is 0 Å². The highest BCUT2D eigenvalue weighted by molar-refractivity contribution is 6.28. The van der Waals surface area contributed by atoms with E-state index in [4.69, 9.17) is 21.1 Å². The molecule has 0 aliphatic rings. The molecule has 0 saturated carbocycles. The maximum Gasteiger partial charge on any atom is 0.229 e. The normalized spacial score (nSPS) is 10.8. The van der Waals surface area contributed by atoms with Gasteiger partial charge in [0.2, 0.25) is 5.28 Å². The zero-order valence-corrected chi connectivity index (χ0v) is 12.1. The first-order valence-corrected chi connectivity index (χ1v) is 6.29. The van der Waals surface area contributed by atoms with Gasteiger partial charge in [-0.1, -0.05) is 13.8 Å². The predicted molar refractivity (Wildman–Crippen MR) is 73.6 cm³/mol. The van der Waals surface area contributed by atoms with Gasteiger partial charge in [0, 0.05) is 12.0 Å². The first kappa shape index (κ1) is 13.7. The Labute approximate surface area is 117 Å². The van der Waals surface area contributed by atoms with E-state index in [-0.39, 0.29) is 5.92 Å². The number of benzene rings is 1. The summed E-state index contributed by atoms with van der Waals surface area (Å²) in [5.74, 6) is 2.33. The van der Waals surface area contributed by atoms with Crippen molar-refractivity contribution in [3.8, 4) is 17.2 Å². The highest BCUT2D eigenvalue weighted by Gasteiger charge is 2.16. The Morgan fingerprint density at radius 3 is 2.37 bits per heavy atom. The molecule has 0 amide bonds. The van der Waals surface area contributed by atoms with Crippen molar-refractivity contribution in [3.63, 3.8) is 0 Å². The summed E-state index contributed by atoms with van der Waals surface area (Å²) in [6.45, 7) is 4.08. The minimum absolute atomic E-state index is 0.216. The number of ether oxygens (including phenoxy) is 2. The standard InChI is InChI=1S/C13H16ClN3O2/c1-8(2)12-15-16-13(14)17(12)9-5-6-10(18-3)11(7-9)19-4/h5-8H,1-4H3. The van der Waals surface area contributed by atoms with E-state index in [2.05, 4.69) is 10.2 Å². The lowest BCUT2D eigenvalue weighted by atomic mass is 10.2. The van der Waals surface area contributed by atoms with Crippen LogP contribution in [0.5, 0.6) is 11.5 Å². The molecule has 2 aromatic rings. The molecule has 0 saturated heterocycles. The summed E-state index contributed by atoms with van der Waals surface area (Å²) in [7, 11) is 3.20. The molecule has 0 fully saturated rings. The van der Waals surface area contributed by atoms with Gasteiger partial charge in [-0.05, 0) is 23.7 Å². The maximum atomic E-state index is 6.11. The third-order valence-electron chi connectivity index (χ3n) is 2.79. The number of halogens is 1. The van der Waals surface area contributed by atoms with Gasteiger partial charge in [0.15, 0.2) is 11.5 Å². The van der Waals surface area contributed by atoms with Crippen LogP contribution in [0.2, 0.25) is 5.28 Å². The van der Waals surface area contributed by atoms with Crippen molar-refractivity contribution in [1.29, 1.82) is 0 Å². The Balaban J connectivity index is 2.56. The highest BCUT2D eigenvalue weighted by Crippen LogP contribution is 2.31. The van der Waals surface area contributed by atoms with E-state index in [1.54, 1.807) is 18.8 Å². The van der Waals surface area contributed by atoms with Gasteiger partial charge < -0.3 is 9.47 Å². The van der Waals surface area contributed by atoms with Crippen molar-refractivity contribution in [2.45, 2.75) is 19.8 Å². The summed E-state index contributed by atoms with van der Waals surface area (Å²) >= 11 is 6.11. The van der Waals surface area contributed by atoms with Crippen LogP contribution in [0.3, 0.4) is 0 Å². The second-order valence-corrected chi connectivity index (χ2v) is 4.69. The van der Waals surface area contributed by atoms with Crippen LogP contribution in [0.4, 0.5) is 0 Å². The molecule has 1 aromatic heterocycles. The van der Waals surface area contributed by atoms with Gasteiger partial charge in [-0.3, -0.25) is 4.57 Å². The van der Waals surface area contributed by atoms with Crippen LogP contribution in [0.15, 0.2) is 18.2 Å². The molecule has 0 N–H and O–H groups in total. The van der Waals surface area contributed by atoms with Crippen molar-refractivity contribution in [2.24, 2.45) is 0 Å². The lowest BCUT2D eigenvalue weighted by molar-refractivity contribution is 0.355. The van der Waals surface area contributed by atoms with E-state index in [0.29, 0.717) is 16.8 Å². The van der Waals surface area contributed by atoms with Crippen molar-refractivity contribution in [2.75, 3.05) is 14.2 Å². The SMILES string of the molecule is COc1ccc(-n2c(Cl)nnc2C(C)C)cc1OC. The lowest BCUT2D eigenvalue weighted by Gasteiger charge is -2.13. The Hall–Kier alpha value is -1.75. The van der Waals surface area contributed by atoms with Crippen LogP contribution in [0.1, 0.15) is 25.6 Å². The average Bonchev–Trinajstić information content (AvgIpc) is 2.80. The first-order chi connectivity index (χ1) is 9.08. The number of hydrogen-bond donors (Lipinski definition) is 0. The predicted octanol–water partition coefficient (Wildman–Crippen LogP) is 3.06. The second-order valence-electron chi connectivity index (χ2n) is 4.36. The fourth-order valence-corrected chi connectivity index (χ4v) is 2.07. The molecule has 0 bridgehead atoms. The van der Waals surface area contributed by atoms with Crippen LogP contribution in [-0.2, 0) is 0 Å². The van der Waals surface area contributed by atoms with Crippen LogP contribution >= 0.6 is 11.6 Å². The van der Waals surface area contributed by atoms with Gasteiger partial charge >= 0.3 is 0 Å². The molecule has 0 aliphatic heterocycles. The maximum absolute atomic E-state index is 6.11. The zero-order chi connectivity index (χ0) is 14.0. The molecule has 102 valence electrons. The molecule has 0 aliphatic carbocycles. The van der Waals surface area contributed by atoms with E-state index >= 15 is 0 Å². The molecule has 5 nitrogen and oxygen atoms in total. The zero-order valence-electron chi connectivity index (χ0n) is 11.3. The monoisotopic (exact) mass is 281 g/mol. The van der Waals surface area contributed by atoms with Crippen molar-refractivity contribution in [1.82, 2.24) is 14.8 Å². The Morgan fingerprint density at radius 2 is 1.79 bits per heavy atom. The number of nitrogens with zero attached hydrogens (tertiary/aromatic N) is 3. The van der Waals surface area contributed by atoms with Crippen LogP contribution in [0.25, 0.3) is 5.69 Å². The van der Waals surface area contributed by atoms with Crippen LogP contribution in [-0.4, -0.2) is 29.0 Å². The summed E-state index contributed by atoms with van der Waals surface area (Å²) in [5.41, 5.74) is 0.844. The largest absolute Gasteiger partial charge is 0.493 e. The quantitative estimate of drug-likeness (QED) is 0.864. The van der Waals surface area contributed by atoms with Crippen LogP contribution < -0.4 is 9.47 Å². The minimum Gasteiger partial charge on any atom is -0.493 e. The molecule has 0 atom stereocenters. The summed E-state index contributed by atoms with van der Waals surface area (Å²) in [5, 5.41) is 8.35. The van der Waals surface area contributed by atoms with Crippen molar-refractivity contribution < 1.29 is 9.47 Å². The number of rotatable bonds is 4. The Kier molecular flexibility index (Phi) is 3.95. The number of hydrogen-bond acceptors (Lipinski definition) is 4. The highest BCUT2D eigenvalue weighted by atomic mass is 35.5. The van der Waals surface area contributed by atoms with Gasteiger partial charge in [0.1, 0.15) is 5.82 Å². The molecule has 0 spiro atoms. The van der Waals surface area contributed by atoms with E-state index in [9.17, 15) is 0 Å². The molecule has 2 rings (SSSR count). The average molecular weight is 282 g/mol. The minimum atomic E-state index is 0.216. The fourth-order valence-electron chi connectivity index (χ4n) is 1.85. The summed E-state index contributed by atoms with van der Waals surface area (Å²) < 4.78 is 12.3. The summed E-state index contributed by atoms with van der Waals surface area (Å²) in [6.07, 6.45) is 0. The number of aromatic nitrogens is 3. The van der Waals surface area contributed by atoms with Gasteiger partial charge in [0.05, 0.1) is 19.9 Å². The Bertz CT molecular complexity index is 581. The topological polar surface area (TPSA) is 49.2 Å². The van der Waals surface area contributed by atoms with Gasteiger partial charge in [-0.25, -0.2) is 0 Å². The van der Waals surface area contributed by atoms with E-state index in [1.807, 2.05) is 32.0 Å². The second kappa shape index (κ2) is 5.48. The fraction of sp³-hybridized carbons (Fsp3) is 0.385. The van der Waals surface area contributed by atoms with Crippen molar-refractivity contribution >= 4 is 11.6 Å². The number of methoxy groups -OCH3 is 2. The Morgan fingerprint density at radius 1 is 1.11 bits per heavy atom. The van der Waals surface area contributed by atoms with Crippen molar-refractivity contribution in [3.05, 3.63) is 29.3 Å². The third-order valence-corrected chi connectivity index (χ3v) is 3.03. The molecule has 1 aromatic carbocycles. The summed E-state index contributed by atoms with van der Waals surface area (Å²) in [4.78, 5) is 0. The molecular formula is C13H16ClN3O2. The first-order valence-electron chi connectivity index (χ1n) is 5.91. The van der Waals surface area contributed by atoms with E-state index in [0.717, 1.165) is 11.5 Å². The molecular weight excluding hydrogens is 266 g/mol. The van der Waals surface area contributed by atoms with Gasteiger partial charge in [-0.15, -0.1) is 10.2 Å². The molecule has 19 heavy (non-hydrogen) atoms. The van der Waals surface area contributed by atoms with Gasteiger partial charge in [-0.2, -0.15) is 0 Å². The summed E-state index contributed by atoms with van der Waals surface area (Å²) in [6, 6.07) is 5.57. The third kappa shape index (κ3) is 2.51. The molecule has 0 radical (unpaired) electrons. The van der Waals surface area contributed by atoms with E-state index in [1.165, 1.54) is 0 Å². The smallest absolute Gasteiger partial charge is 0.229 e. The van der Waals surface area contributed by atoms with Crippen LogP contribution in [0, 0.1) is 0 Å². The molecule has 1 heterocycles.